The zero-order valence-electron chi connectivity index (χ0n) is 18.4. The number of ether oxygens (including phenoxy) is 1. The minimum atomic E-state index is -4.47. The zero-order valence-corrected chi connectivity index (χ0v) is 19.2. The minimum absolute atomic E-state index is 0.0265. The van der Waals surface area contributed by atoms with Crippen molar-refractivity contribution in [3.63, 3.8) is 0 Å². The number of rotatable bonds is 6. The number of aliphatic hydroxyl groups excluding tert-OH is 2. The van der Waals surface area contributed by atoms with Crippen molar-refractivity contribution in [2.45, 2.75) is 70.7 Å². The van der Waals surface area contributed by atoms with Crippen molar-refractivity contribution in [1.82, 2.24) is 14.7 Å². The Morgan fingerprint density at radius 3 is 2.62 bits per heavy atom. The number of halogens is 3. The van der Waals surface area contributed by atoms with Crippen LogP contribution in [0.4, 0.5) is 13.2 Å². The molecule has 10 heteroatoms. The second-order valence-corrected chi connectivity index (χ2v) is 10.1. The Bertz CT molecular complexity index is 933. The van der Waals surface area contributed by atoms with E-state index in [1.54, 1.807) is 10.9 Å². The molecule has 2 aliphatic heterocycles. The lowest BCUT2D eigenvalue weighted by Gasteiger charge is -2.43. The average Bonchev–Trinajstić information content (AvgIpc) is 3.34. The average molecular weight is 474 g/mol. The Morgan fingerprint density at radius 1 is 1.28 bits per heavy atom. The van der Waals surface area contributed by atoms with Gasteiger partial charge in [-0.05, 0) is 30.7 Å². The van der Waals surface area contributed by atoms with Crippen LogP contribution in [0, 0.1) is 5.92 Å². The van der Waals surface area contributed by atoms with Crippen LogP contribution >= 0.6 is 11.3 Å². The van der Waals surface area contributed by atoms with Crippen molar-refractivity contribution >= 4 is 11.3 Å². The van der Waals surface area contributed by atoms with E-state index < -0.39 is 29.4 Å². The summed E-state index contributed by atoms with van der Waals surface area (Å²) in [5.74, 6) is 0.155. The standard InChI is InChI=1S/C22H30F3N3O3S/c1-14(2)18(30)12-28-11-15(9-26-28)10-27-6-4-21(5-7-27)19-16(3-8-31-21)17(13-29)20(32-19)22(23,24)25/h9,11,14,18,29-30H,3-8,10,12-13H2,1-2H3. The molecule has 1 saturated heterocycles. The zero-order chi connectivity index (χ0) is 23.1. The minimum Gasteiger partial charge on any atom is -0.392 e. The van der Waals surface area contributed by atoms with E-state index in [2.05, 4.69) is 10.00 Å². The van der Waals surface area contributed by atoms with Crippen LogP contribution in [-0.2, 0) is 42.6 Å². The number of fused-ring (bicyclic) bond motifs is 2. The Kier molecular flexibility index (Phi) is 6.71. The first-order valence-electron chi connectivity index (χ1n) is 11.0. The molecule has 2 aliphatic rings. The molecule has 178 valence electrons. The van der Waals surface area contributed by atoms with Crippen LogP contribution in [0.5, 0.6) is 0 Å². The summed E-state index contributed by atoms with van der Waals surface area (Å²) in [7, 11) is 0. The van der Waals surface area contributed by atoms with Gasteiger partial charge < -0.3 is 14.9 Å². The fourth-order valence-electron chi connectivity index (χ4n) is 4.63. The Hall–Kier alpha value is -1.46. The van der Waals surface area contributed by atoms with E-state index in [-0.39, 0.29) is 11.5 Å². The molecule has 2 aromatic heterocycles. The van der Waals surface area contributed by atoms with E-state index in [4.69, 9.17) is 4.74 Å². The number of thiophene rings is 1. The molecule has 0 bridgehead atoms. The van der Waals surface area contributed by atoms with Gasteiger partial charge in [0, 0.05) is 41.8 Å². The molecule has 1 atom stereocenters. The van der Waals surface area contributed by atoms with E-state index in [1.165, 1.54) is 0 Å². The van der Waals surface area contributed by atoms with Gasteiger partial charge in [-0.1, -0.05) is 13.8 Å². The molecule has 0 aliphatic carbocycles. The molecule has 2 N–H and O–H groups in total. The molecular formula is C22H30F3N3O3S. The Balaban J connectivity index is 1.44. The lowest BCUT2D eigenvalue weighted by Crippen LogP contribution is -2.45. The third kappa shape index (κ3) is 4.61. The van der Waals surface area contributed by atoms with Crippen molar-refractivity contribution in [1.29, 1.82) is 0 Å². The number of hydrogen-bond donors (Lipinski definition) is 2. The third-order valence-corrected chi connectivity index (χ3v) is 8.08. The summed E-state index contributed by atoms with van der Waals surface area (Å²) in [6, 6.07) is 0. The van der Waals surface area contributed by atoms with Crippen molar-refractivity contribution < 1.29 is 28.1 Å². The molecule has 4 heterocycles. The van der Waals surface area contributed by atoms with Crippen LogP contribution in [0.25, 0.3) is 0 Å². The summed E-state index contributed by atoms with van der Waals surface area (Å²) in [6.07, 6.45) is 0.455. The molecule has 0 amide bonds. The highest BCUT2D eigenvalue weighted by atomic mass is 32.1. The fraction of sp³-hybridized carbons (Fsp3) is 0.682. The smallest absolute Gasteiger partial charge is 0.392 e. The lowest BCUT2D eigenvalue weighted by atomic mass is 9.84. The van der Waals surface area contributed by atoms with E-state index in [0.29, 0.717) is 62.5 Å². The molecule has 1 spiro atoms. The van der Waals surface area contributed by atoms with Crippen LogP contribution in [0.15, 0.2) is 12.4 Å². The molecule has 0 aromatic carbocycles. The number of alkyl halides is 3. The van der Waals surface area contributed by atoms with Gasteiger partial charge in [0.1, 0.15) is 10.5 Å². The maximum absolute atomic E-state index is 13.5. The largest absolute Gasteiger partial charge is 0.425 e. The van der Waals surface area contributed by atoms with E-state index >= 15 is 0 Å². The van der Waals surface area contributed by atoms with Crippen molar-refractivity contribution in [3.8, 4) is 0 Å². The topological polar surface area (TPSA) is 70.8 Å². The van der Waals surface area contributed by atoms with Gasteiger partial charge in [0.15, 0.2) is 0 Å². The van der Waals surface area contributed by atoms with Crippen molar-refractivity contribution in [2.24, 2.45) is 5.92 Å². The first kappa shape index (κ1) is 23.7. The summed E-state index contributed by atoms with van der Waals surface area (Å²) < 4.78 is 48.5. The molecular weight excluding hydrogens is 443 g/mol. The van der Waals surface area contributed by atoms with Gasteiger partial charge in [-0.3, -0.25) is 9.58 Å². The highest BCUT2D eigenvalue weighted by Crippen LogP contribution is 2.50. The predicted octanol–water partition coefficient (Wildman–Crippen LogP) is 3.54. The number of nitrogens with zero attached hydrogens (tertiary/aromatic N) is 3. The highest BCUT2D eigenvalue weighted by Gasteiger charge is 2.47. The van der Waals surface area contributed by atoms with Gasteiger partial charge in [-0.15, -0.1) is 11.3 Å². The Labute approximate surface area is 189 Å². The summed E-state index contributed by atoms with van der Waals surface area (Å²) in [6.45, 7) is 6.25. The monoisotopic (exact) mass is 473 g/mol. The highest BCUT2D eigenvalue weighted by molar-refractivity contribution is 7.12. The van der Waals surface area contributed by atoms with Crippen LogP contribution in [-0.4, -0.2) is 50.7 Å². The number of likely N-dealkylation sites (tertiary alicyclic amines) is 1. The van der Waals surface area contributed by atoms with Crippen LogP contribution < -0.4 is 0 Å². The van der Waals surface area contributed by atoms with Crippen LogP contribution in [0.1, 0.15) is 53.1 Å². The second-order valence-electron chi connectivity index (χ2n) is 9.12. The Morgan fingerprint density at radius 2 is 2.00 bits per heavy atom. The van der Waals surface area contributed by atoms with Crippen LogP contribution in [0.3, 0.4) is 0 Å². The third-order valence-electron chi connectivity index (χ3n) is 6.58. The normalized spacial score (nSPS) is 20.1. The molecule has 32 heavy (non-hydrogen) atoms. The molecule has 1 unspecified atom stereocenters. The van der Waals surface area contributed by atoms with Gasteiger partial charge in [0.05, 0.1) is 32.1 Å². The van der Waals surface area contributed by atoms with Gasteiger partial charge in [0.2, 0.25) is 0 Å². The molecule has 6 nitrogen and oxygen atoms in total. The first-order valence-corrected chi connectivity index (χ1v) is 11.8. The van der Waals surface area contributed by atoms with Gasteiger partial charge in [-0.2, -0.15) is 18.3 Å². The quantitative estimate of drug-likeness (QED) is 0.672. The summed E-state index contributed by atoms with van der Waals surface area (Å²) in [5.41, 5.74) is 1.00. The number of hydrogen-bond acceptors (Lipinski definition) is 6. The van der Waals surface area contributed by atoms with Gasteiger partial charge in [0.25, 0.3) is 0 Å². The summed E-state index contributed by atoms with van der Waals surface area (Å²) >= 11 is 0.750. The van der Waals surface area contributed by atoms with Crippen LogP contribution in [0.2, 0.25) is 0 Å². The first-order chi connectivity index (χ1) is 15.1. The van der Waals surface area contributed by atoms with Crippen molar-refractivity contribution in [3.05, 3.63) is 38.8 Å². The predicted molar refractivity (Wildman–Crippen MR) is 114 cm³/mol. The van der Waals surface area contributed by atoms with E-state index in [0.717, 1.165) is 16.9 Å². The molecule has 0 saturated carbocycles. The lowest BCUT2D eigenvalue weighted by molar-refractivity contribution is -0.135. The maximum atomic E-state index is 13.5. The van der Waals surface area contributed by atoms with Crippen molar-refractivity contribution in [2.75, 3.05) is 19.7 Å². The SMILES string of the molecule is CC(C)C(O)Cn1cc(CN2CCC3(CC2)OCCc2c3sc(C(F)(F)F)c2CO)cn1. The van der Waals surface area contributed by atoms with Gasteiger partial charge in [-0.25, -0.2) is 0 Å². The maximum Gasteiger partial charge on any atom is 0.425 e. The molecule has 0 radical (unpaired) electrons. The fourth-order valence-corrected chi connectivity index (χ4v) is 6.06. The second kappa shape index (κ2) is 9.06. The number of aliphatic hydroxyl groups is 2. The van der Waals surface area contributed by atoms with E-state index in [1.807, 2.05) is 20.0 Å². The van der Waals surface area contributed by atoms with Gasteiger partial charge >= 0.3 is 6.18 Å². The summed E-state index contributed by atoms with van der Waals surface area (Å²) in [4.78, 5) is 2.22. The molecule has 1 fully saturated rings. The summed E-state index contributed by atoms with van der Waals surface area (Å²) in [5, 5.41) is 24.0. The number of piperidine rings is 1. The van der Waals surface area contributed by atoms with E-state index in [9.17, 15) is 23.4 Å². The molecule has 2 aromatic rings. The molecule has 4 rings (SSSR count). The number of aromatic nitrogens is 2.